The Kier molecular flexibility index (Phi) is 6.61. The second-order valence-electron chi connectivity index (χ2n) is 6.10. The zero-order chi connectivity index (χ0) is 20.8. The molecule has 0 saturated heterocycles. The van der Waals surface area contributed by atoms with Gasteiger partial charge in [-0.05, 0) is 37.3 Å². The summed E-state index contributed by atoms with van der Waals surface area (Å²) >= 11 is 6.27. The maximum absolute atomic E-state index is 12.8. The fourth-order valence-corrected chi connectivity index (χ4v) is 3.11. The number of hydrogen-bond acceptors (Lipinski definition) is 5. The summed E-state index contributed by atoms with van der Waals surface area (Å²) in [4.78, 5) is 12.8. The van der Waals surface area contributed by atoms with Gasteiger partial charge in [-0.3, -0.25) is 9.89 Å². The predicted molar refractivity (Wildman–Crippen MR) is 111 cm³/mol. The fraction of sp³-hybridized carbons (Fsp3) is 0.238. The largest absolute Gasteiger partial charge is 0.497 e. The molecule has 3 aromatic rings. The van der Waals surface area contributed by atoms with Crippen LogP contribution in [-0.2, 0) is 6.54 Å². The highest BCUT2D eigenvalue weighted by Gasteiger charge is 2.17. The molecule has 3 rings (SSSR count). The molecule has 8 heteroatoms. The van der Waals surface area contributed by atoms with Crippen LogP contribution in [0.25, 0.3) is 11.3 Å². The predicted octanol–water partition coefficient (Wildman–Crippen LogP) is 4.08. The van der Waals surface area contributed by atoms with Gasteiger partial charge in [-0.1, -0.05) is 11.6 Å². The van der Waals surface area contributed by atoms with E-state index in [-0.39, 0.29) is 5.91 Å². The fourth-order valence-electron chi connectivity index (χ4n) is 2.88. The molecule has 1 aromatic heterocycles. The summed E-state index contributed by atoms with van der Waals surface area (Å²) in [6.07, 6.45) is 1.49. The first-order valence-electron chi connectivity index (χ1n) is 9.02. The number of nitrogens with one attached hydrogen (secondary N) is 2. The molecule has 0 aliphatic carbocycles. The lowest BCUT2D eigenvalue weighted by atomic mass is 10.1. The third-order valence-corrected chi connectivity index (χ3v) is 4.63. The van der Waals surface area contributed by atoms with E-state index in [0.29, 0.717) is 46.7 Å². The molecular formula is C21H22ClN3O4. The standard InChI is InChI=1S/C21H22ClN3O4/c1-4-29-18-8-6-13(9-17(18)22)20-16(12-24-25-20)21(26)23-11-14-5-7-15(27-2)10-19(14)28-3/h5-10,12H,4,11H2,1-3H3,(H,23,26)(H,24,25). The van der Waals surface area contributed by atoms with Crippen LogP contribution < -0.4 is 19.5 Å². The van der Waals surface area contributed by atoms with Gasteiger partial charge in [0.1, 0.15) is 17.2 Å². The molecule has 0 spiro atoms. The van der Waals surface area contributed by atoms with Gasteiger partial charge in [-0.25, -0.2) is 0 Å². The number of nitrogens with zero attached hydrogens (tertiary/aromatic N) is 1. The van der Waals surface area contributed by atoms with Crippen molar-refractivity contribution in [3.05, 3.63) is 58.7 Å². The summed E-state index contributed by atoms with van der Waals surface area (Å²) < 4.78 is 16.0. The van der Waals surface area contributed by atoms with E-state index in [0.717, 1.165) is 11.1 Å². The van der Waals surface area contributed by atoms with E-state index < -0.39 is 0 Å². The molecular weight excluding hydrogens is 394 g/mol. The maximum atomic E-state index is 12.8. The van der Waals surface area contributed by atoms with E-state index in [1.54, 1.807) is 32.4 Å². The number of rotatable bonds is 8. The van der Waals surface area contributed by atoms with Gasteiger partial charge in [-0.2, -0.15) is 5.10 Å². The van der Waals surface area contributed by atoms with Crippen LogP contribution in [0.2, 0.25) is 5.02 Å². The molecule has 1 heterocycles. The average Bonchev–Trinajstić information content (AvgIpc) is 3.23. The van der Waals surface area contributed by atoms with Gasteiger partial charge in [0.05, 0.1) is 43.3 Å². The minimum Gasteiger partial charge on any atom is -0.497 e. The minimum atomic E-state index is -0.267. The van der Waals surface area contributed by atoms with Crippen molar-refractivity contribution in [2.45, 2.75) is 13.5 Å². The third-order valence-electron chi connectivity index (χ3n) is 4.34. The van der Waals surface area contributed by atoms with Crippen LogP contribution >= 0.6 is 11.6 Å². The molecule has 0 aliphatic heterocycles. The molecule has 2 aromatic carbocycles. The second-order valence-corrected chi connectivity index (χ2v) is 6.50. The first-order valence-corrected chi connectivity index (χ1v) is 9.40. The monoisotopic (exact) mass is 415 g/mol. The summed E-state index contributed by atoms with van der Waals surface area (Å²) in [6, 6.07) is 10.8. The normalized spacial score (nSPS) is 10.5. The molecule has 0 unspecified atom stereocenters. The molecule has 0 fully saturated rings. The van der Waals surface area contributed by atoms with E-state index in [1.165, 1.54) is 6.20 Å². The highest BCUT2D eigenvalue weighted by atomic mass is 35.5. The number of halogens is 1. The van der Waals surface area contributed by atoms with Crippen LogP contribution in [0.1, 0.15) is 22.8 Å². The number of benzene rings is 2. The van der Waals surface area contributed by atoms with Crippen LogP contribution in [0.5, 0.6) is 17.2 Å². The Morgan fingerprint density at radius 2 is 1.97 bits per heavy atom. The second kappa shape index (κ2) is 9.34. The van der Waals surface area contributed by atoms with Crippen molar-refractivity contribution in [2.75, 3.05) is 20.8 Å². The highest BCUT2D eigenvalue weighted by Crippen LogP contribution is 2.31. The van der Waals surface area contributed by atoms with E-state index in [1.807, 2.05) is 25.1 Å². The zero-order valence-electron chi connectivity index (χ0n) is 16.4. The smallest absolute Gasteiger partial charge is 0.255 e. The van der Waals surface area contributed by atoms with Gasteiger partial charge >= 0.3 is 0 Å². The molecule has 2 N–H and O–H groups in total. The lowest BCUT2D eigenvalue weighted by molar-refractivity contribution is 0.0951. The maximum Gasteiger partial charge on any atom is 0.255 e. The average molecular weight is 416 g/mol. The summed E-state index contributed by atoms with van der Waals surface area (Å²) in [7, 11) is 3.16. The van der Waals surface area contributed by atoms with Gasteiger partial charge in [-0.15, -0.1) is 0 Å². The Morgan fingerprint density at radius 1 is 1.14 bits per heavy atom. The third kappa shape index (κ3) is 4.63. The molecule has 0 aliphatic rings. The quantitative estimate of drug-likeness (QED) is 0.579. The highest BCUT2D eigenvalue weighted by molar-refractivity contribution is 6.32. The summed E-state index contributed by atoms with van der Waals surface area (Å²) in [5.41, 5.74) is 2.56. The number of carbonyl (C=O) groups is 1. The summed E-state index contributed by atoms with van der Waals surface area (Å²) in [5.74, 6) is 1.64. The van der Waals surface area contributed by atoms with Crippen molar-refractivity contribution in [3.63, 3.8) is 0 Å². The van der Waals surface area contributed by atoms with Crippen LogP contribution in [0, 0.1) is 0 Å². The van der Waals surface area contributed by atoms with Crippen molar-refractivity contribution in [2.24, 2.45) is 0 Å². The molecule has 29 heavy (non-hydrogen) atoms. The molecule has 152 valence electrons. The number of H-pyrrole nitrogens is 1. The Hall–Kier alpha value is -3.19. The van der Waals surface area contributed by atoms with Gasteiger partial charge < -0.3 is 19.5 Å². The van der Waals surface area contributed by atoms with Crippen LogP contribution in [0.3, 0.4) is 0 Å². The van der Waals surface area contributed by atoms with Gasteiger partial charge in [0.2, 0.25) is 0 Å². The van der Waals surface area contributed by atoms with Gasteiger partial charge in [0, 0.05) is 23.7 Å². The molecule has 0 bridgehead atoms. The van der Waals surface area contributed by atoms with E-state index in [4.69, 9.17) is 25.8 Å². The van der Waals surface area contributed by atoms with Crippen molar-refractivity contribution in [1.82, 2.24) is 15.5 Å². The number of hydrogen-bond donors (Lipinski definition) is 2. The number of carbonyl (C=O) groups excluding carboxylic acids is 1. The van der Waals surface area contributed by atoms with E-state index in [2.05, 4.69) is 15.5 Å². The molecule has 0 atom stereocenters. The van der Waals surface area contributed by atoms with Crippen LogP contribution in [0.15, 0.2) is 42.6 Å². The number of aromatic nitrogens is 2. The van der Waals surface area contributed by atoms with Crippen molar-refractivity contribution >= 4 is 17.5 Å². The van der Waals surface area contributed by atoms with Gasteiger partial charge in [0.15, 0.2) is 0 Å². The van der Waals surface area contributed by atoms with Crippen LogP contribution in [0.4, 0.5) is 0 Å². The van der Waals surface area contributed by atoms with Crippen molar-refractivity contribution < 1.29 is 19.0 Å². The SMILES string of the molecule is CCOc1ccc(-c2[nH]ncc2C(=O)NCc2ccc(OC)cc2OC)cc1Cl. The number of amides is 1. The lowest BCUT2D eigenvalue weighted by Crippen LogP contribution is -2.23. The van der Waals surface area contributed by atoms with Crippen molar-refractivity contribution in [1.29, 1.82) is 0 Å². The Balaban J connectivity index is 1.77. The van der Waals surface area contributed by atoms with E-state index in [9.17, 15) is 4.79 Å². The van der Waals surface area contributed by atoms with E-state index >= 15 is 0 Å². The zero-order valence-corrected chi connectivity index (χ0v) is 17.2. The van der Waals surface area contributed by atoms with Gasteiger partial charge in [0.25, 0.3) is 5.91 Å². The van der Waals surface area contributed by atoms with Crippen molar-refractivity contribution in [3.8, 4) is 28.5 Å². The summed E-state index contributed by atoms with van der Waals surface area (Å²) in [6.45, 7) is 2.70. The Morgan fingerprint density at radius 3 is 2.66 bits per heavy atom. The summed E-state index contributed by atoms with van der Waals surface area (Å²) in [5, 5.41) is 10.2. The number of ether oxygens (including phenoxy) is 3. The first-order chi connectivity index (χ1) is 14.1. The topological polar surface area (TPSA) is 85.5 Å². The molecule has 1 amide bonds. The first kappa shape index (κ1) is 20.5. The lowest BCUT2D eigenvalue weighted by Gasteiger charge is -2.12. The molecule has 7 nitrogen and oxygen atoms in total. The Bertz CT molecular complexity index is 1000. The van der Waals surface area contributed by atoms with Crippen LogP contribution in [-0.4, -0.2) is 36.9 Å². The minimum absolute atomic E-state index is 0.267. The molecule has 0 radical (unpaired) electrons. The number of aromatic amines is 1. The Labute approximate surface area is 173 Å². The molecule has 0 saturated carbocycles. The number of methoxy groups -OCH3 is 2.